The highest BCUT2D eigenvalue weighted by Gasteiger charge is 2.07. The second-order valence-corrected chi connectivity index (χ2v) is 4.11. The quantitative estimate of drug-likeness (QED) is 0.812. The third kappa shape index (κ3) is 1.71. The lowest BCUT2D eigenvalue weighted by Crippen LogP contribution is -1.86. The van der Waals surface area contributed by atoms with Gasteiger partial charge in [-0.3, -0.25) is 0 Å². The minimum absolute atomic E-state index is 0.310. The fourth-order valence-electron chi connectivity index (χ4n) is 1.17. The van der Waals surface area contributed by atoms with Gasteiger partial charge in [-0.05, 0) is 36.2 Å². The summed E-state index contributed by atoms with van der Waals surface area (Å²) in [6.07, 6.45) is 0. The number of aryl methyl sites for hydroxylation is 1. The van der Waals surface area contributed by atoms with Gasteiger partial charge >= 0.3 is 0 Å². The van der Waals surface area contributed by atoms with Crippen LogP contribution in [0.1, 0.15) is 5.56 Å². The van der Waals surface area contributed by atoms with Crippen LogP contribution < -0.4 is 5.73 Å². The molecular formula is C9H8ClN3S. The molecule has 14 heavy (non-hydrogen) atoms. The van der Waals surface area contributed by atoms with Crippen LogP contribution in [0.3, 0.4) is 0 Å². The lowest BCUT2D eigenvalue weighted by atomic mass is 10.1. The Balaban J connectivity index is 2.55. The van der Waals surface area contributed by atoms with Gasteiger partial charge in [0, 0.05) is 10.6 Å². The molecule has 5 heteroatoms. The Labute approximate surface area is 90.7 Å². The molecule has 0 saturated carbocycles. The van der Waals surface area contributed by atoms with Gasteiger partial charge in [-0.15, -0.1) is 0 Å². The van der Waals surface area contributed by atoms with E-state index in [1.165, 1.54) is 11.5 Å². The number of nitrogens with two attached hydrogens (primary N) is 1. The van der Waals surface area contributed by atoms with E-state index in [4.69, 9.17) is 17.3 Å². The van der Waals surface area contributed by atoms with Gasteiger partial charge in [0.15, 0.2) is 0 Å². The summed E-state index contributed by atoms with van der Waals surface area (Å²) >= 11 is 7.18. The summed E-state index contributed by atoms with van der Waals surface area (Å²) in [5.41, 5.74) is 7.57. The van der Waals surface area contributed by atoms with Crippen LogP contribution in [-0.2, 0) is 0 Å². The summed E-state index contributed by atoms with van der Waals surface area (Å²) < 4.78 is 3.93. The van der Waals surface area contributed by atoms with E-state index in [1.54, 1.807) is 0 Å². The van der Waals surface area contributed by atoms with Crippen molar-refractivity contribution in [3.63, 3.8) is 0 Å². The minimum atomic E-state index is 0.310. The van der Waals surface area contributed by atoms with Crippen molar-refractivity contribution >= 4 is 29.1 Å². The largest absolute Gasteiger partial charge is 0.367 e. The molecule has 1 aromatic heterocycles. The van der Waals surface area contributed by atoms with Crippen molar-refractivity contribution in [2.24, 2.45) is 0 Å². The van der Waals surface area contributed by atoms with Crippen molar-refractivity contribution in [2.75, 3.05) is 5.73 Å². The van der Waals surface area contributed by atoms with Gasteiger partial charge in [-0.2, -0.15) is 9.36 Å². The zero-order chi connectivity index (χ0) is 10.1. The molecule has 0 saturated heterocycles. The first-order valence-electron chi connectivity index (χ1n) is 4.02. The van der Waals surface area contributed by atoms with Gasteiger partial charge in [0.1, 0.15) is 5.01 Å². The predicted molar refractivity (Wildman–Crippen MR) is 59.5 cm³/mol. The predicted octanol–water partition coefficient (Wildman–Crippen LogP) is 2.75. The van der Waals surface area contributed by atoms with Crippen LogP contribution in [0.25, 0.3) is 10.6 Å². The van der Waals surface area contributed by atoms with E-state index in [9.17, 15) is 0 Å². The molecule has 0 atom stereocenters. The average molecular weight is 226 g/mol. The lowest BCUT2D eigenvalue weighted by Gasteiger charge is -2.01. The van der Waals surface area contributed by atoms with Crippen molar-refractivity contribution in [3.8, 4) is 10.6 Å². The normalized spacial score (nSPS) is 10.4. The molecule has 0 unspecified atom stereocenters. The van der Waals surface area contributed by atoms with Gasteiger partial charge < -0.3 is 5.73 Å². The molecule has 0 fully saturated rings. The molecule has 0 aliphatic heterocycles. The summed E-state index contributed by atoms with van der Waals surface area (Å²) in [5, 5.41) is 1.50. The van der Waals surface area contributed by atoms with E-state index in [1.807, 2.05) is 25.1 Å². The fourth-order valence-corrected chi connectivity index (χ4v) is 2.01. The Morgan fingerprint density at radius 3 is 2.86 bits per heavy atom. The Morgan fingerprint density at radius 2 is 2.21 bits per heavy atom. The number of benzene rings is 1. The number of hydrogen-bond acceptors (Lipinski definition) is 4. The zero-order valence-electron chi connectivity index (χ0n) is 7.49. The molecule has 1 aromatic carbocycles. The molecule has 3 nitrogen and oxygen atoms in total. The van der Waals surface area contributed by atoms with E-state index in [0.29, 0.717) is 11.0 Å². The van der Waals surface area contributed by atoms with E-state index in [-0.39, 0.29) is 0 Å². The van der Waals surface area contributed by atoms with Crippen LogP contribution in [0.2, 0.25) is 5.02 Å². The van der Waals surface area contributed by atoms with E-state index in [2.05, 4.69) is 9.36 Å². The molecular weight excluding hydrogens is 218 g/mol. The summed E-state index contributed by atoms with van der Waals surface area (Å²) in [7, 11) is 0. The van der Waals surface area contributed by atoms with Crippen LogP contribution in [0.4, 0.5) is 5.95 Å². The van der Waals surface area contributed by atoms with Crippen LogP contribution >= 0.6 is 23.1 Å². The topological polar surface area (TPSA) is 51.8 Å². The maximum absolute atomic E-state index is 5.90. The van der Waals surface area contributed by atoms with Crippen LogP contribution in [0, 0.1) is 6.92 Å². The highest BCUT2D eigenvalue weighted by atomic mass is 35.5. The van der Waals surface area contributed by atoms with E-state index >= 15 is 0 Å². The Bertz CT molecular complexity index is 467. The van der Waals surface area contributed by atoms with E-state index in [0.717, 1.165) is 16.1 Å². The van der Waals surface area contributed by atoms with Crippen molar-refractivity contribution in [1.29, 1.82) is 0 Å². The van der Waals surface area contributed by atoms with Gasteiger partial charge in [0.25, 0.3) is 0 Å². The van der Waals surface area contributed by atoms with Crippen LogP contribution in [0.15, 0.2) is 18.2 Å². The molecule has 0 amide bonds. The number of hydrogen-bond donors (Lipinski definition) is 1. The first kappa shape index (κ1) is 9.43. The Morgan fingerprint density at radius 1 is 1.43 bits per heavy atom. The highest BCUT2D eigenvalue weighted by molar-refractivity contribution is 7.09. The summed E-state index contributed by atoms with van der Waals surface area (Å²) in [6.45, 7) is 2.00. The summed E-state index contributed by atoms with van der Waals surface area (Å²) in [4.78, 5) is 4.11. The van der Waals surface area contributed by atoms with Gasteiger partial charge in [-0.25, -0.2) is 0 Å². The summed E-state index contributed by atoms with van der Waals surface area (Å²) in [5.74, 6) is 0.310. The number of nitrogens with zero attached hydrogens (tertiary/aromatic N) is 2. The Hall–Kier alpha value is -1.13. The molecule has 2 rings (SSSR count). The monoisotopic (exact) mass is 225 g/mol. The average Bonchev–Trinajstić information content (AvgIpc) is 2.56. The number of rotatable bonds is 1. The Kier molecular flexibility index (Phi) is 2.39. The molecule has 1 heterocycles. The standard InChI is InChI=1S/C9H8ClN3S/c1-5-2-3-6(10)4-7(5)8-12-9(11)13-14-8/h2-4H,1H3,(H2,11,13). The molecule has 72 valence electrons. The molecule has 0 aliphatic rings. The number of nitrogen functional groups attached to an aromatic ring is 1. The minimum Gasteiger partial charge on any atom is -0.367 e. The summed E-state index contributed by atoms with van der Waals surface area (Å²) in [6, 6.07) is 5.68. The lowest BCUT2D eigenvalue weighted by molar-refractivity contribution is 1.33. The third-order valence-electron chi connectivity index (χ3n) is 1.87. The first-order valence-corrected chi connectivity index (χ1v) is 5.17. The van der Waals surface area contributed by atoms with Gasteiger partial charge in [0.2, 0.25) is 5.95 Å². The highest BCUT2D eigenvalue weighted by Crippen LogP contribution is 2.28. The van der Waals surface area contributed by atoms with Gasteiger partial charge in [-0.1, -0.05) is 17.7 Å². The van der Waals surface area contributed by atoms with Crippen LogP contribution in [0.5, 0.6) is 0 Å². The SMILES string of the molecule is Cc1ccc(Cl)cc1-c1nc(N)ns1. The van der Waals surface area contributed by atoms with Gasteiger partial charge in [0.05, 0.1) is 0 Å². The smallest absolute Gasteiger partial charge is 0.232 e. The number of aromatic nitrogens is 2. The molecule has 0 bridgehead atoms. The molecule has 0 radical (unpaired) electrons. The second-order valence-electron chi connectivity index (χ2n) is 2.92. The molecule has 0 spiro atoms. The molecule has 2 N–H and O–H groups in total. The molecule has 0 aliphatic carbocycles. The van der Waals surface area contributed by atoms with Crippen molar-refractivity contribution in [1.82, 2.24) is 9.36 Å². The fraction of sp³-hybridized carbons (Fsp3) is 0.111. The van der Waals surface area contributed by atoms with Crippen LogP contribution in [-0.4, -0.2) is 9.36 Å². The van der Waals surface area contributed by atoms with E-state index < -0.39 is 0 Å². The first-order chi connectivity index (χ1) is 6.66. The number of halogens is 1. The maximum Gasteiger partial charge on any atom is 0.232 e. The second kappa shape index (κ2) is 3.55. The number of anilines is 1. The molecule has 2 aromatic rings. The van der Waals surface area contributed by atoms with Crippen molar-refractivity contribution in [2.45, 2.75) is 6.92 Å². The van der Waals surface area contributed by atoms with Crippen molar-refractivity contribution < 1.29 is 0 Å². The third-order valence-corrected chi connectivity index (χ3v) is 2.87. The zero-order valence-corrected chi connectivity index (χ0v) is 9.06. The van der Waals surface area contributed by atoms with Crippen molar-refractivity contribution in [3.05, 3.63) is 28.8 Å². The maximum atomic E-state index is 5.90.